The van der Waals surface area contributed by atoms with Gasteiger partial charge in [-0.2, -0.15) is 0 Å². The maximum atomic E-state index is 11.6. The molecular weight excluding hydrogens is 950 g/mol. The van der Waals surface area contributed by atoms with E-state index in [9.17, 15) is 5.11 Å². The number of hydrogen-bond acceptors (Lipinski definition) is 3. The summed E-state index contributed by atoms with van der Waals surface area (Å²) in [5.41, 5.74) is 12.6. The first kappa shape index (κ1) is 36.2. The largest absolute Gasteiger partial charge is 0.507 e. The minimum atomic E-state index is -2.50. The SMILES string of the molecule is [2H]C([2H])([2H])c1ccc(-c2ccnc(-c3[c-]c(-c4cccc5c4nc(-c4ccccc4O)n5-c4cc(C([2H])([2H])[2H])c(-c5ccc(C(C)(C)C)cc5)cc4-c4ccccc4)cc(C(C)(C)C)c3)c2)cc1.[Pt]. The van der Waals surface area contributed by atoms with E-state index in [1.165, 1.54) is 0 Å². The predicted octanol–water partition coefficient (Wildman–Crippen LogP) is 15.1. The number of benzene rings is 7. The number of pyridine rings is 1. The van der Waals surface area contributed by atoms with Crippen molar-refractivity contribution in [3.63, 3.8) is 0 Å². The molecule has 0 unspecified atom stereocenters. The Balaban J connectivity index is 0.00000642. The molecule has 0 amide bonds. The molecule has 0 bridgehead atoms. The molecule has 9 rings (SSSR count). The molecule has 0 aliphatic rings. The van der Waals surface area contributed by atoms with E-state index in [2.05, 4.69) is 71.9 Å². The van der Waals surface area contributed by atoms with Crippen molar-refractivity contribution in [2.45, 2.75) is 66.1 Å². The van der Waals surface area contributed by atoms with E-state index in [4.69, 9.17) is 18.2 Å². The molecule has 1 N–H and O–H groups in total. The molecule has 0 aliphatic carbocycles. The Kier molecular flexibility index (Phi) is 9.80. The second kappa shape index (κ2) is 17.1. The molecule has 0 fully saturated rings. The van der Waals surface area contributed by atoms with E-state index in [1.54, 1.807) is 36.5 Å². The van der Waals surface area contributed by atoms with Gasteiger partial charge in [-0.15, -0.1) is 29.3 Å². The van der Waals surface area contributed by atoms with Gasteiger partial charge in [0.1, 0.15) is 11.6 Å². The third kappa shape index (κ3) is 8.58. The van der Waals surface area contributed by atoms with Gasteiger partial charge >= 0.3 is 0 Å². The number of aromatic nitrogens is 3. The van der Waals surface area contributed by atoms with Crippen molar-refractivity contribution in [1.82, 2.24) is 14.5 Å². The molecule has 0 spiro atoms. The topological polar surface area (TPSA) is 50.9 Å². The quantitative estimate of drug-likeness (QED) is 0.162. The molecule has 0 radical (unpaired) electrons. The van der Waals surface area contributed by atoms with Crippen LogP contribution in [0.1, 0.15) is 72.0 Å². The number of hydrogen-bond donors (Lipinski definition) is 1. The van der Waals surface area contributed by atoms with Crippen LogP contribution in [0.3, 0.4) is 0 Å². The van der Waals surface area contributed by atoms with Crippen molar-refractivity contribution >= 4 is 11.0 Å². The Morgan fingerprint density at radius 1 is 0.556 bits per heavy atom. The summed E-state index contributed by atoms with van der Waals surface area (Å²) in [7, 11) is 0. The van der Waals surface area contributed by atoms with E-state index in [0.717, 1.165) is 55.6 Å². The van der Waals surface area contributed by atoms with Gasteiger partial charge in [0.15, 0.2) is 0 Å². The molecule has 63 heavy (non-hydrogen) atoms. The van der Waals surface area contributed by atoms with Crippen LogP contribution in [-0.2, 0) is 31.9 Å². The Hall–Kier alpha value is -6.35. The van der Waals surface area contributed by atoms with Gasteiger partial charge in [0.05, 0.1) is 22.3 Å². The van der Waals surface area contributed by atoms with Gasteiger partial charge in [-0.1, -0.05) is 167 Å². The minimum absolute atomic E-state index is 0. The van der Waals surface area contributed by atoms with Crippen molar-refractivity contribution < 1.29 is 34.4 Å². The summed E-state index contributed by atoms with van der Waals surface area (Å²) in [5, 5.41) is 11.6. The average molecular weight is 1010 g/mol. The Labute approximate surface area is 395 Å². The molecule has 5 heteroatoms. The Bertz CT molecular complexity index is 3330. The summed E-state index contributed by atoms with van der Waals surface area (Å²) in [5.74, 6) is 0.466. The van der Waals surface area contributed by atoms with Gasteiger partial charge in [0.2, 0.25) is 0 Å². The summed E-state index contributed by atoms with van der Waals surface area (Å²) < 4.78 is 52.3. The third-order valence-corrected chi connectivity index (χ3v) is 11.6. The standard InChI is InChI=1S/C58H52N3O.Pt/c1-37-21-23-39(24-22-37)42-29-30-59-51(35-42)44-32-43(33-46(34-44)58(6,7)8)47-18-14-19-52-55(47)60-56(48-17-12-13-20-54(48)62)61(52)53-31-38(2)49(36-50(53)40-15-10-9-11-16-40)41-25-27-45(28-26-41)57(3,4)5;/h9-31,33-36,62H,1-8H3;/q-1;/i1D3,2D3;. The molecule has 0 aliphatic heterocycles. The number of imidazole rings is 1. The predicted molar refractivity (Wildman–Crippen MR) is 259 cm³/mol. The first-order chi connectivity index (χ1) is 32.1. The first-order valence-electron chi connectivity index (χ1n) is 24.0. The molecule has 0 saturated heterocycles. The average Bonchev–Trinajstić information content (AvgIpc) is 3.70. The van der Waals surface area contributed by atoms with Gasteiger partial charge in [-0.25, -0.2) is 4.98 Å². The van der Waals surface area contributed by atoms with Crippen molar-refractivity contribution in [3.8, 4) is 78.6 Å². The van der Waals surface area contributed by atoms with Gasteiger partial charge in [-0.3, -0.25) is 9.55 Å². The summed E-state index contributed by atoms with van der Waals surface area (Å²) >= 11 is 0. The molecule has 7 aromatic carbocycles. The second-order valence-electron chi connectivity index (χ2n) is 18.0. The van der Waals surface area contributed by atoms with Gasteiger partial charge < -0.3 is 5.11 Å². The summed E-state index contributed by atoms with van der Waals surface area (Å²) in [6, 6.07) is 53.7. The maximum absolute atomic E-state index is 11.6. The Morgan fingerprint density at radius 3 is 1.92 bits per heavy atom. The number of fused-ring (bicyclic) bond motifs is 1. The van der Waals surface area contributed by atoms with Crippen molar-refractivity contribution in [3.05, 3.63) is 192 Å². The van der Waals surface area contributed by atoms with E-state index < -0.39 is 13.7 Å². The fourth-order valence-electron chi connectivity index (χ4n) is 8.12. The monoisotopic (exact) mass is 1010 g/mol. The van der Waals surface area contributed by atoms with Crippen molar-refractivity contribution in [1.29, 1.82) is 0 Å². The normalized spacial score (nSPS) is 13.6. The zero-order valence-corrected chi connectivity index (χ0v) is 38.5. The molecule has 2 heterocycles. The van der Waals surface area contributed by atoms with Crippen molar-refractivity contribution in [2.75, 3.05) is 0 Å². The van der Waals surface area contributed by atoms with Gasteiger partial charge in [0, 0.05) is 46.7 Å². The van der Waals surface area contributed by atoms with Crippen molar-refractivity contribution in [2.24, 2.45) is 0 Å². The number of nitrogens with zero attached hydrogens (tertiary/aromatic N) is 3. The van der Waals surface area contributed by atoms with E-state index in [-0.39, 0.29) is 48.8 Å². The Morgan fingerprint density at radius 2 is 1.22 bits per heavy atom. The molecule has 2 aromatic heterocycles. The molecule has 9 aromatic rings. The van der Waals surface area contributed by atoms with Crippen LogP contribution in [0, 0.1) is 19.8 Å². The van der Waals surface area contributed by atoms with E-state index >= 15 is 0 Å². The van der Waals surface area contributed by atoms with Crippen LogP contribution in [0.25, 0.3) is 83.9 Å². The second-order valence-corrected chi connectivity index (χ2v) is 18.0. The van der Waals surface area contributed by atoms with Crippen LogP contribution < -0.4 is 0 Å². The third-order valence-electron chi connectivity index (χ3n) is 11.6. The van der Waals surface area contributed by atoms with Crippen LogP contribution in [0.2, 0.25) is 0 Å². The first-order valence-corrected chi connectivity index (χ1v) is 21.0. The smallest absolute Gasteiger partial charge is 0.148 e. The number of phenolic OH excluding ortho intramolecular Hbond substituents is 1. The van der Waals surface area contributed by atoms with Crippen LogP contribution in [0.15, 0.2) is 164 Å². The molecule has 4 nitrogen and oxygen atoms in total. The van der Waals surface area contributed by atoms with Crippen LogP contribution in [0.5, 0.6) is 5.75 Å². The van der Waals surface area contributed by atoms with Crippen LogP contribution in [0.4, 0.5) is 0 Å². The zero-order valence-electron chi connectivity index (χ0n) is 42.2. The van der Waals surface area contributed by atoms with Crippen LogP contribution in [-0.4, -0.2) is 19.6 Å². The van der Waals surface area contributed by atoms with Gasteiger partial charge in [-0.05, 0) is 99.9 Å². The van der Waals surface area contributed by atoms with Gasteiger partial charge in [0.25, 0.3) is 0 Å². The number of aryl methyl sites for hydroxylation is 2. The maximum Gasteiger partial charge on any atom is 0.148 e. The zero-order chi connectivity index (χ0) is 48.3. The molecule has 316 valence electrons. The van der Waals surface area contributed by atoms with Crippen LogP contribution >= 0.6 is 0 Å². The fraction of sp³-hybridized carbons (Fsp3) is 0.172. The van der Waals surface area contributed by atoms with E-state index in [1.807, 2.05) is 108 Å². The van der Waals surface area contributed by atoms with E-state index in [0.29, 0.717) is 39.4 Å². The molecule has 0 saturated carbocycles. The number of rotatable bonds is 7. The number of aromatic hydroxyl groups is 1. The fourth-order valence-corrected chi connectivity index (χ4v) is 8.12. The molecular formula is C58H52N3OPt-. The number of para-hydroxylation sites is 2. The molecule has 0 atom stereocenters. The summed E-state index contributed by atoms with van der Waals surface area (Å²) in [6.07, 6.45) is 1.75. The minimum Gasteiger partial charge on any atom is -0.507 e. The summed E-state index contributed by atoms with van der Waals surface area (Å²) in [4.78, 5) is 10.2. The number of phenols is 1. The summed E-state index contributed by atoms with van der Waals surface area (Å²) in [6.45, 7) is 8.26.